The lowest BCUT2D eigenvalue weighted by atomic mass is 10.0. The predicted molar refractivity (Wildman–Crippen MR) is 105 cm³/mol. The second-order valence-electron chi connectivity index (χ2n) is 6.61. The molecule has 1 unspecified atom stereocenters. The van der Waals surface area contributed by atoms with Gasteiger partial charge in [0.05, 0.1) is 16.1 Å². The van der Waals surface area contributed by atoms with Crippen LogP contribution in [-0.2, 0) is 17.9 Å². The lowest BCUT2D eigenvalue weighted by molar-refractivity contribution is -0.120. The van der Waals surface area contributed by atoms with Crippen molar-refractivity contribution in [2.75, 3.05) is 6.54 Å². The summed E-state index contributed by atoms with van der Waals surface area (Å²) in [4.78, 5) is 11.6. The van der Waals surface area contributed by atoms with Gasteiger partial charge in [-0.1, -0.05) is 41.4 Å². The topological polar surface area (TPSA) is 50.4 Å². The monoisotopic (exact) mass is 392 g/mol. The molecule has 0 saturated carbocycles. The van der Waals surface area contributed by atoms with Crippen LogP contribution in [0.2, 0.25) is 10.0 Å². The van der Waals surface area contributed by atoms with Crippen molar-refractivity contribution in [2.24, 2.45) is 0 Å². The molecule has 1 aliphatic rings. The lowest BCUT2D eigenvalue weighted by Gasteiger charge is -2.16. The molecule has 2 aromatic carbocycles. The van der Waals surface area contributed by atoms with Crippen molar-refractivity contribution in [3.63, 3.8) is 0 Å². The third-order valence-corrected chi connectivity index (χ3v) is 5.23. The Morgan fingerprint density at radius 2 is 1.85 bits per heavy atom. The van der Waals surface area contributed by atoms with Gasteiger partial charge < -0.3 is 15.4 Å². The average molecular weight is 393 g/mol. The average Bonchev–Trinajstić information content (AvgIpc) is 3.00. The zero-order chi connectivity index (χ0) is 18.7. The second kappa shape index (κ2) is 8.30. The number of benzene rings is 2. The Labute approximate surface area is 163 Å². The van der Waals surface area contributed by atoms with E-state index in [1.165, 1.54) is 0 Å². The Hall–Kier alpha value is -1.75. The van der Waals surface area contributed by atoms with E-state index in [0.29, 0.717) is 23.2 Å². The van der Waals surface area contributed by atoms with Gasteiger partial charge in [0, 0.05) is 13.1 Å². The third kappa shape index (κ3) is 4.50. The highest BCUT2D eigenvalue weighted by molar-refractivity contribution is 6.42. The first-order valence-corrected chi connectivity index (χ1v) is 9.37. The van der Waals surface area contributed by atoms with Gasteiger partial charge in [-0.25, -0.2) is 0 Å². The number of nitrogens with one attached hydrogen (secondary N) is 2. The van der Waals surface area contributed by atoms with Gasteiger partial charge in [-0.2, -0.15) is 0 Å². The van der Waals surface area contributed by atoms with Crippen molar-refractivity contribution in [3.05, 3.63) is 62.6 Å². The molecule has 0 bridgehead atoms. The van der Waals surface area contributed by atoms with E-state index in [-0.39, 0.29) is 11.9 Å². The molecule has 2 N–H and O–H groups in total. The molecule has 1 aliphatic heterocycles. The largest absolute Gasteiger partial charge is 0.488 e. The minimum atomic E-state index is -0.0961. The minimum Gasteiger partial charge on any atom is -0.488 e. The van der Waals surface area contributed by atoms with Crippen molar-refractivity contribution >= 4 is 29.1 Å². The number of carbonyl (C=O) groups excluding carboxylic acids is 1. The maximum atomic E-state index is 11.6. The van der Waals surface area contributed by atoms with Gasteiger partial charge in [-0.15, -0.1) is 0 Å². The highest BCUT2D eigenvalue weighted by Crippen LogP contribution is 2.27. The van der Waals surface area contributed by atoms with E-state index in [9.17, 15) is 4.79 Å². The van der Waals surface area contributed by atoms with Crippen molar-refractivity contribution in [1.82, 2.24) is 10.6 Å². The fourth-order valence-corrected chi connectivity index (χ4v) is 3.51. The summed E-state index contributed by atoms with van der Waals surface area (Å²) in [6, 6.07) is 9.59. The van der Waals surface area contributed by atoms with Crippen LogP contribution in [0.4, 0.5) is 0 Å². The first-order valence-electron chi connectivity index (χ1n) is 8.62. The van der Waals surface area contributed by atoms with Crippen LogP contribution in [0, 0.1) is 13.8 Å². The maximum absolute atomic E-state index is 11.6. The van der Waals surface area contributed by atoms with Gasteiger partial charge in [-0.05, 0) is 54.7 Å². The molecule has 138 valence electrons. The minimum absolute atomic E-state index is 0.0834. The summed E-state index contributed by atoms with van der Waals surface area (Å²) in [5.41, 5.74) is 4.24. The fraction of sp³-hybridized carbons (Fsp3) is 0.350. The van der Waals surface area contributed by atoms with Crippen LogP contribution in [0.3, 0.4) is 0 Å². The molecule has 1 saturated heterocycles. The first kappa shape index (κ1) is 19.0. The van der Waals surface area contributed by atoms with E-state index in [1.54, 1.807) is 6.07 Å². The lowest BCUT2D eigenvalue weighted by Crippen LogP contribution is -2.35. The van der Waals surface area contributed by atoms with Gasteiger partial charge in [-0.3, -0.25) is 4.79 Å². The third-order valence-electron chi connectivity index (χ3n) is 4.49. The van der Waals surface area contributed by atoms with Crippen LogP contribution in [0.25, 0.3) is 0 Å². The molecule has 1 fully saturated rings. The number of amides is 1. The quantitative estimate of drug-likeness (QED) is 0.775. The van der Waals surface area contributed by atoms with Gasteiger partial charge in [0.25, 0.3) is 0 Å². The van der Waals surface area contributed by atoms with Crippen molar-refractivity contribution in [1.29, 1.82) is 0 Å². The smallest absolute Gasteiger partial charge is 0.237 e. The number of hydrogen-bond donors (Lipinski definition) is 2. The number of rotatable bonds is 6. The fourth-order valence-electron chi connectivity index (χ4n) is 3.18. The molecule has 1 atom stereocenters. The summed E-state index contributed by atoms with van der Waals surface area (Å²) in [5, 5.41) is 7.21. The van der Waals surface area contributed by atoms with Crippen LogP contribution in [0.5, 0.6) is 5.75 Å². The van der Waals surface area contributed by atoms with E-state index in [4.69, 9.17) is 27.9 Å². The second-order valence-corrected chi connectivity index (χ2v) is 7.42. The molecule has 26 heavy (non-hydrogen) atoms. The maximum Gasteiger partial charge on any atom is 0.237 e. The molecular formula is C20H22Cl2N2O2. The first-order chi connectivity index (χ1) is 12.4. The van der Waals surface area contributed by atoms with E-state index >= 15 is 0 Å². The highest BCUT2D eigenvalue weighted by atomic mass is 35.5. The Bertz CT molecular complexity index is 800. The zero-order valence-corrected chi connectivity index (χ0v) is 16.4. The van der Waals surface area contributed by atoms with Crippen LogP contribution >= 0.6 is 23.2 Å². The number of halogens is 2. The summed E-state index contributed by atoms with van der Waals surface area (Å²) in [7, 11) is 0. The van der Waals surface area contributed by atoms with Crippen LogP contribution in [0.15, 0.2) is 30.3 Å². The van der Waals surface area contributed by atoms with E-state index in [1.807, 2.05) is 26.0 Å². The molecule has 1 heterocycles. The number of ether oxygens (including phenoxy) is 1. The number of carbonyl (C=O) groups is 1. The molecule has 1 amide bonds. The highest BCUT2D eigenvalue weighted by Gasteiger charge is 2.23. The molecule has 0 spiro atoms. The Morgan fingerprint density at radius 1 is 1.12 bits per heavy atom. The molecule has 0 aromatic heterocycles. The Kier molecular flexibility index (Phi) is 6.07. The summed E-state index contributed by atoms with van der Waals surface area (Å²) in [6.45, 7) is 5.90. The SMILES string of the molecule is Cc1cc(CNC2CCNC2=O)cc(C)c1OCc1ccc(Cl)c(Cl)c1. The van der Waals surface area contributed by atoms with Crippen molar-refractivity contribution in [3.8, 4) is 5.75 Å². The molecule has 6 heteroatoms. The molecule has 0 radical (unpaired) electrons. The van der Waals surface area contributed by atoms with Gasteiger partial charge in [0.1, 0.15) is 12.4 Å². The zero-order valence-electron chi connectivity index (χ0n) is 14.9. The van der Waals surface area contributed by atoms with Crippen LogP contribution in [-0.4, -0.2) is 18.5 Å². The summed E-state index contributed by atoms with van der Waals surface area (Å²) >= 11 is 12.0. The van der Waals surface area contributed by atoms with Crippen molar-refractivity contribution < 1.29 is 9.53 Å². The number of hydrogen-bond acceptors (Lipinski definition) is 3. The molecule has 3 rings (SSSR count). The molecule has 4 nitrogen and oxygen atoms in total. The standard InChI is InChI=1S/C20H22Cl2N2O2/c1-12-7-15(10-24-18-5-6-23-20(18)25)8-13(2)19(12)26-11-14-3-4-16(21)17(22)9-14/h3-4,7-9,18,24H,5-6,10-11H2,1-2H3,(H,23,25). The van der Waals surface area contributed by atoms with E-state index in [2.05, 4.69) is 22.8 Å². The van der Waals surface area contributed by atoms with Gasteiger partial charge in [0.2, 0.25) is 5.91 Å². The van der Waals surface area contributed by atoms with Crippen LogP contribution < -0.4 is 15.4 Å². The van der Waals surface area contributed by atoms with Gasteiger partial charge in [0.15, 0.2) is 0 Å². The summed E-state index contributed by atoms with van der Waals surface area (Å²) in [5.74, 6) is 0.957. The Balaban J connectivity index is 1.64. The van der Waals surface area contributed by atoms with Crippen LogP contribution in [0.1, 0.15) is 28.7 Å². The molecule has 0 aliphatic carbocycles. The molecule has 2 aromatic rings. The Morgan fingerprint density at radius 3 is 2.46 bits per heavy atom. The van der Waals surface area contributed by atoms with Gasteiger partial charge >= 0.3 is 0 Å². The summed E-state index contributed by atoms with van der Waals surface area (Å²) in [6.07, 6.45) is 0.835. The number of aryl methyl sites for hydroxylation is 2. The van der Waals surface area contributed by atoms with Crippen molar-refractivity contribution in [2.45, 2.75) is 39.5 Å². The molecular weight excluding hydrogens is 371 g/mol. The normalized spacial score (nSPS) is 16.6. The van der Waals surface area contributed by atoms with E-state index in [0.717, 1.165) is 41.0 Å². The summed E-state index contributed by atoms with van der Waals surface area (Å²) < 4.78 is 6.01. The predicted octanol–water partition coefficient (Wildman–Crippen LogP) is 4.17. The van der Waals surface area contributed by atoms with E-state index < -0.39 is 0 Å².